The number of ether oxygens (including phenoxy) is 5. The topological polar surface area (TPSA) is 114 Å². The lowest BCUT2D eigenvalue weighted by Crippen LogP contribution is -2.26. The van der Waals surface area contributed by atoms with Gasteiger partial charge in [0, 0.05) is 0 Å². The van der Waals surface area contributed by atoms with Crippen molar-refractivity contribution in [3.05, 3.63) is 89.5 Å². The van der Waals surface area contributed by atoms with Crippen LogP contribution >= 0.6 is 0 Å². The van der Waals surface area contributed by atoms with Gasteiger partial charge in [-0.3, -0.25) is 0 Å². The van der Waals surface area contributed by atoms with E-state index in [0.29, 0.717) is 24.5 Å². The average molecular weight is 647 g/mol. The summed E-state index contributed by atoms with van der Waals surface area (Å²) in [5.41, 5.74) is 0.802. The molecule has 0 radical (unpaired) electrons. The predicted molar refractivity (Wildman–Crippen MR) is 178 cm³/mol. The zero-order chi connectivity index (χ0) is 33.9. The Kier molecular flexibility index (Phi) is 16.0. The van der Waals surface area contributed by atoms with Gasteiger partial charge in [0.25, 0.3) is 0 Å². The number of unbranched alkanes of at least 4 members (excludes halogenated alkanes) is 8. The molecule has 0 bridgehead atoms. The Balaban J connectivity index is 1.41. The number of esters is 4. The van der Waals surface area contributed by atoms with Crippen molar-refractivity contribution in [2.45, 2.75) is 91.1 Å². The molecule has 0 N–H and O–H groups in total. The van der Waals surface area contributed by atoms with E-state index in [0.717, 1.165) is 38.5 Å². The van der Waals surface area contributed by atoms with Gasteiger partial charge in [-0.2, -0.15) is 0 Å². The van der Waals surface area contributed by atoms with E-state index in [4.69, 9.17) is 23.7 Å². The Morgan fingerprint density at radius 1 is 0.511 bits per heavy atom. The molecule has 0 aromatic heterocycles. The second-order valence-corrected chi connectivity index (χ2v) is 11.2. The van der Waals surface area contributed by atoms with Gasteiger partial charge in [0.1, 0.15) is 17.2 Å². The van der Waals surface area contributed by atoms with Crippen LogP contribution in [0, 0.1) is 0 Å². The molecule has 0 spiro atoms. The van der Waals surface area contributed by atoms with Crippen LogP contribution < -0.4 is 14.2 Å². The van der Waals surface area contributed by atoms with E-state index >= 15 is 0 Å². The third-order valence-electron chi connectivity index (χ3n) is 7.32. The first-order valence-corrected chi connectivity index (χ1v) is 16.6. The number of carbonyl (C=O) groups excluding carboxylic acids is 4. The zero-order valence-corrected chi connectivity index (χ0v) is 27.7. The van der Waals surface area contributed by atoms with Crippen molar-refractivity contribution in [3.8, 4) is 17.2 Å². The summed E-state index contributed by atoms with van der Waals surface area (Å²) in [5.74, 6) is -1.28. The summed E-state index contributed by atoms with van der Waals surface area (Å²) < 4.78 is 27.0. The lowest BCUT2D eigenvalue weighted by atomic mass is 10.1. The van der Waals surface area contributed by atoms with E-state index in [-0.39, 0.29) is 22.6 Å². The first-order valence-electron chi connectivity index (χ1n) is 16.6. The third kappa shape index (κ3) is 13.3. The smallest absolute Gasteiger partial charge is 0.347 e. The molecule has 0 unspecified atom stereocenters. The van der Waals surface area contributed by atoms with E-state index in [2.05, 4.69) is 13.8 Å². The summed E-state index contributed by atoms with van der Waals surface area (Å²) >= 11 is 0. The molecule has 0 amide bonds. The van der Waals surface area contributed by atoms with Gasteiger partial charge in [-0.15, -0.1) is 0 Å². The van der Waals surface area contributed by atoms with Crippen LogP contribution in [-0.4, -0.2) is 43.2 Å². The number of hydrogen-bond donors (Lipinski definition) is 0. The molecule has 9 nitrogen and oxygen atoms in total. The second kappa shape index (κ2) is 20.5. The number of carbonyl (C=O) groups is 4. The molecule has 252 valence electrons. The summed E-state index contributed by atoms with van der Waals surface area (Å²) in [6.07, 6.45) is 9.98. The summed E-state index contributed by atoms with van der Waals surface area (Å²) in [7, 11) is 0. The molecule has 3 aromatic carbocycles. The molecule has 1 atom stereocenters. The van der Waals surface area contributed by atoms with Crippen LogP contribution in [0.3, 0.4) is 0 Å². The minimum Gasteiger partial charge on any atom is -0.494 e. The highest BCUT2D eigenvalue weighted by Gasteiger charge is 2.20. The molecule has 0 saturated heterocycles. The van der Waals surface area contributed by atoms with Crippen LogP contribution in [0.15, 0.2) is 72.8 Å². The van der Waals surface area contributed by atoms with Crippen molar-refractivity contribution in [2.24, 2.45) is 0 Å². The van der Waals surface area contributed by atoms with Crippen molar-refractivity contribution >= 4 is 23.9 Å². The Morgan fingerprint density at radius 2 is 0.915 bits per heavy atom. The van der Waals surface area contributed by atoms with Gasteiger partial charge in [0.05, 0.1) is 29.9 Å². The fraction of sp³-hybridized carbons (Fsp3) is 0.421. The van der Waals surface area contributed by atoms with Gasteiger partial charge in [0.2, 0.25) is 0 Å². The molecule has 0 aliphatic rings. The van der Waals surface area contributed by atoms with Crippen molar-refractivity contribution in [2.75, 3.05) is 13.2 Å². The van der Waals surface area contributed by atoms with E-state index in [1.165, 1.54) is 81.1 Å². The largest absolute Gasteiger partial charge is 0.494 e. The lowest BCUT2D eigenvalue weighted by molar-refractivity contribution is -0.153. The summed E-state index contributed by atoms with van der Waals surface area (Å²) in [6, 6.07) is 18.5. The Morgan fingerprint density at radius 3 is 1.43 bits per heavy atom. The van der Waals surface area contributed by atoms with E-state index in [9.17, 15) is 19.2 Å². The molecule has 0 heterocycles. The molecule has 0 saturated carbocycles. The number of hydrogen-bond acceptors (Lipinski definition) is 9. The van der Waals surface area contributed by atoms with Gasteiger partial charge in [0.15, 0.2) is 6.10 Å². The first-order chi connectivity index (χ1) is 22.8. The van der Waals surface area contributed by atoms with E-state index in [1.54, 1.807) is 24.3 Å². The van der Waals surface area contributed by atoms with Crippen LogP contribution in [-0.2, 0) is 14.3 Å². The third-order valence-corrected chi connectivity index (χ3v) is 7.32. The molecule has 9 heteroatoms. The molecule has 3 aromatic rings. The summed E-state index contributed by atoms with van der Waals surface area (Å²) in [5, 5.41) is 0. The van der Waals surface area contributed by atoms with Gasteiger partial charge in [-0.25, -0.2) is 19.2 Å². The highest BCUT2D eigenvalue weighted by Crippen LogP contribution is 2.20. The Bertz CT molecular complexity index is 1400. The van der Waals surface area contributed by atoms with Crippen molar-refractivity contribution in [3.63, 3.8) is 0 Å². The maximum absolute atomic E-state index is 12.7. The van der Waals surface area contributed by atoms with E-state index in [1.807, 2.05) is 0 Å². The Hall–Kier alpha value is -4.66. The zero-order valence-electron chi connectivity index (χ0n) is 27.7. The fourth-order valence-electron chi connectivity index (χ4n) is 4.51. The summed E-state index contributed by atoms with van der Waals surface area (Å²) in [4.78, 5) is 49.8. The van der Waals surface area contributed by atoms with Crippen LogP contribution in [0.25, 0.3) is 0 Å². The van der Waals surface area contributed by atoms with Crippen molar-refractivity contribution in [1.82, 2.24) is 0 Å². The Labute approximate surface area is 277 Å². The predicted octanol–water partition coefficient (Wildman–Crippen LogP) is 8.53. The van der Waals surface area contributed by atoms with Crippen LogP contribution in [0.1, 0.15) is 116 Å². The van der Waals surface area contributed by atoms with Gasteiger partial charge < -0.3 is 23.7 Å². The van der Waals surface area contributed by atoms with Crippen molar-refractivity contribution in [1.29, 1.82) is 0 Å². The van der Waals surface area contributed by atoms with Gasteiger partial charge in [-0.05, 0) is 92.6 Å². The monoisotopic (exact) mass is 646 g/mol. The van der Waals surface area contributed by atoms with E-state index < -0.39 is 30.0 Å². The minimum atomic E-state index is -1.05. The molecule has 0 fully saturated rings. The quantitative estimate of drug-likeness (QED) is 0.0677. The highest BCUT2D eigenvalue weighted by molar-refractivity contribution is 5.93. The van der Waals surface area contributed by atoms with Gasteiger partial charge in [-0.1, -0.05) is 65.2 Å². The minimum absolute atomic E-state index is 0.189. The first kappa shape index (κ1) is 36.8. The molecule has 47 heavy (non-hydrogen) atoms. The van der Waals surface area contributed by atoms with Crippen LogP contribution in [0.5, 0.6) is 17.2 Å². The highest BCUT2D eigenvalue weighted by atomic mass is 16.6. The fourth-order valence-corrected chi connectivity index (χ4v) is 4.51. The van der Waals surface area contributed by atoms with Crippen LogP contribution in [0.4, 0.5) is 0 Å². The maximum atomic E-state index is 12.7. The number of rotatable bonds is 20. The normalized spacial score (nSPS) is 11.3. The standard InChI is InChI=1S/C38H46O9/c1-4-6-8-10-11-13-26-43-32-20-14-30(15-21-32)37(41)46-34-24-18-31(19-25-34)38(42)47-33-22-16-29(17-23-33)36(40)45-28(3)35(39)44-27-12-9-7-5-2/h14-25,28H,4-13,26-27H2,1-3H3/t28-/m0/s1. The van der Waals surface area contributed by atoms with Crippen LogP contribution in [0.2, 0.25) is 0 Å². The molecular weight excluding hydrogens is 600 g/mol. The molecule has 0 aliphatic carbocycles. The van der Waals surface area contributed by atoms with Gasteiger partial charge >= 0.3 is 23.9 Å². The summed E-state index contributed by atoms with van der Waals surface area (Å²) in [6.45, 7) is 6.69. The molecular formula is C38H46O9. The SMILES string of the molecule is CCCCCCCCOc1ccc(C(=O)Oc2ccc(C(=O)Oc3ccc(C(=O)O[C@@H](C)C(=O)OCCCCCC)cc3)cc2)cc1. The van der Waals surface area contributed by atoms with Crippen molar-refractivity contribution < 1.29 is 42.9 Å². The maximum Gasteiger partial charge on any atom is 0.347 e. The molecule has 3 rings (SSSR count). The molecule has 0 aliphatic heterocycles. The number of benzene rings is 3. The second-order valence-electron chi connectivity index (χ2n) is 11.2. The lowest BCUT2D eigenvalue weighted by Gasteiger charge is -2.13. The average Bonchev–Trinajstić information content (AvgIpc) is 3.08.